The molecular weight excluding hydrogens is 554 g/mol. The van der Waals surface area contributed by atoms with Crippen LogP contribution in [0.2, 0.25) is 0 Å². The summed E-state index contributed by atoms with van der Waals surface area (Å²) in [7, 11) is 1.74. The van der Waals surface area contributed by atoms with Gasteiger partial charge in [-0.25, -0.2) is 0 Å². The molecule has 2 rings (SSSR count). The summed E-state index contributed by atoms with van der Waals surface area (Å²) in [6, 6.07) is 15.3. The van der Waals surface area contributed by atoms with Crippen molar-refractivity contribution < 1.29 is 24.0 Å². The van der Waals surface area contributed by atoms with Crippen LogP contribution >= 0.6 is 0 Å². The minimum atomic E-state index is -0.367. The molecule has 0 fully saturated rings. The van der Waals surface area contributed by atoms with Crippen molar-refractivity contribution in [1.29, 1.82) is 0 Å². The van der Waals surface area contributed by atoms with Crippen molar-refractivity contribution in [3.63, 3.8) is 0 Å². The summed E-state index contributed by atoms with van der Waals surface area (Å²) in [5.74, 6) is 0.0849. The van der Waals surface area contributed by atoms with E-state index < -0.39 is 0 Å². The van der Waals surface area contributed by atoms with Crippen LogP contribution in [0, 0.1) is 11.8 Å². The van der Waals surface area contributed by atoms with E-state index in [1.807, 2.05) is 32.0 Å². The number of unbranched alkanes of at least 4 members (excludes halogenated alkanes) is 4. The molecule has 0 radical (unpaired) electrons. The summed E-state index contributed by atoms with van der Waals surface area (Å²) < 4.78 is 0. The fourth-order valence-electron chi connectivity index (χ4n) is 4.96. The van der Waals surface area contributed by atoms with Crippen LogP contribution in [0.3, 0.4) is 0 Å². The number of Topliss-reactive ketones (excluding diaryl/α,β-unsaturated/α-hetero) is 1. The van der Waals surface area contributed by atoms with E-state index in [4.69, 9.17) is 0 Å². The van der Waals surface area contributed by atoms with Gasteiger partial charge in [0.1, 0.15) is 0 Å². The molecule has 0 spiro atoms. The van der Waals surface area contributed by atoms with E-state index in [-0.39, 0.29) is 41.2 Å². The lowest BCUT2D eigenvalue weighted by atomic mass is 9.93. The molecule has 0 aliphatic heterocycles. The molecule has 0 aliphatic rings. The summed E-state index contributed by atoms with van der Waals surface area (Å²) >= 11 is 0. The van der Waals surface area contributed by atoms with Crippen LogP contribution in [0.5, 0.6) is 0 Å². The van der Waals surface area contributed by atoms with E-state index in [9.17, 15) is 24.0 Å². The summed E-state index contributed by atoms with van der Waals surface area (Å²) in [5, 5.41) is 5.83. The van der Waals surface area contributed by atoms with Gasteiger partial charge in [-0.15, -0.1) is 0 Å². The number of hydrogen-bond donors (Lipinski definition) is 2. The fourth-order valence-corrected chi connectivity index (χ4v) is 4.96. The van der Waals surface area contributed by atoms with Gasteiger partial charge in [-0.3, -0.25) is 24.0 Å². The molecule has 2 aromatic carbocycles. The average molecular weight is 606 g/mol. The maximum atomic E-state index is 12.7. The molecule has 0 aromatic heterocycles. The van der Waals surface area contributed by atoms with Gasteiger partial charge in [0.25, 0.3) is 5.91 Å². The molecule has 0 heterocycles. The largest absolute Gasteiger partial charge is 0.356 e. The monoisotopic (exact) mass is 605 g/mol. The third-order valence-corrected chi connectivity index (χ3v) is 7.65. The standard InChI is InChI=1S/C36H51N3O5/c1-26(2)25-31(34(42)27(3)4)39(5)33(41)18-12-8-13-23-37-32(40)17-11-7-14-24-38-36(44)30-21-19-29(20-22-30)35(43)28-15-9-6-10-16-28/h6,9-10,15-16,19-22,26-27,31H,7-8,11-14,17-18,23-25H2,1-5H3,(H,37,40)(H,38,44). The molecule has 0 saturated carbocycles. The number of nitrogens with zero attached hydrogens (tertiary/aromatic N) is 1. The lowest BCUT2D eigenvalue weighted by Gasteiger charge is -2.30. The lowest BCUT2D eigenvalue weighted by molar-refractivity contribution is -0.140. The zero-order valence-electron chi connectivity index (χ0n) is 27.2. The molecular formula is C36H51N3O5. The first-order valence-electron chi connectivity index (χ1n) is 16.0. The van der Waals surface area contributed by atoms with Crippen LogP contribution in [-0.4, -0.2) is 60.4 Å². The second-order valence-electron chi connectivity index (χ2n) is 12.2. The van der Waals surface area contributed by atoms with Crippen molar-refractivity contribution in [2.75, 3.05) is 20.1 Å². The molecule has 8 heteroatoms. The molecule has 3 amide bonds. The highest BCUT2D eigenvalue weighted by atomic mass is 16.2. The van der Waals surface area contributed by atoms with Crippen LogP contribution in [0.25, 0.3) is 0 Å². The Balaban J connectivity index is 1.54. The van der Waals surface area contributed by atoms with Crippen molar-refractivity contribution >= 4 is 29.3 Å². The third-order valence-electron chi connectivity index (χ3n) is 7.65. The molecule has 1 atom stereocenters. The van der Waals surface area contributed by atoms with Gasteiger partial charge in [0.15, 0.2) is 11.6 Å². The Kier molecular flexibility index (Phi) is 16.1. The molecule has 0 bridgehead atoms. The first-order chi connectivity index (χ1) is 21.0. The van der Waals surface area contributed by atoms with Crippen molar-refractivity contribution in [3.8, 4) is 0 Å². The van der Waals surface area contributed by atoms with Gasteiger partial charge in [-0.2, -0.15) is 0 Å². The van der Waals surface area contributed by atoms with Crippen LogP contribution in [0.1, 0.15) is 112 Å². The van der Waals surface area contributed by atoms with Gasteiger partial charge in [0.2, 0.25) is 11.8 Å². The van der Waals surface area contributed by atoms with E-state index >= 15 is 0 Å². The van der Waals surface area contributed by atoms with Crippen molar-refractivity contribution in [2.45, 2.75) is 91.5 Å². The van der Waals surface area contributed by atoms with E-state index in [1.165, 1.54) is 0 Å². The Hall–Kier alpha value is -3.81. The lowest BCUT2D eigenvalue weighted by Crippen LogP contribution is -2.44. The zero-order chi connectivity index (χ0) is 32.5. The Morgan fingerprint density at radius 1 is 0.659 bits per heavy atom. The van der Waals surface area contributed by atoms with Gasteiger partial charge in [-0.05, 0) is 50.2 Å². The Bertz CT molecular complexity index is 1210. The van der Waals surface area contributed by atoms with Crippen LogP contribution in [0.4, 0.5) is 0 Å². The first-order valence-corrected chi connectivity index (χ1v) is 16.0. The van der Waals surface area contributed by atoms with Gasteiger partial charge in [0, 0.05) is 55.6 Å². The zero-order valence-corrected chi connectivity index (χ0v) is 27.2. The topological polar surface area (TPSA) is 113 Å². The van der Waals surface area contributed by atoms with Gasteiger partial charge in [0.05, 0.1) is 6.04 Å². The van der Waals surface area contributed by atoms with Gasteiger partial charge in [-0.1, -0.05) is 83.0 Å². The number of nitrogens with one attached hydrogen (secondary N) is 2. The van der Waals surface area contributed by atoms with Crippen molar-refractivity contribution in [2.24, 2.45) is 11.8 Å². The van der Waals surface area contributed by atoms with Crippen LogP contribution in [-0.2, 0) is 14.4 Å². The predicted octanol–water partition coefficient (Wildman–Crippen LogP) is 5.98. The number of likely N-dealkylation sites (N-methyl/N-ethyl adjacent to an activating group) is 1. The van der Waals surface area contributed by atoms with Gasteiger partial charge < -0.3 is 15.5 Å². The fraction of sp³-hybridized carbons (Fsp3) is 0.528. The minimum absolute atomic E-state index is 0.00175. The normalized spacial score (nSPS) is 11.7. The second kappa shape index (κ2) is 19.5. The second-order valence-corrected chi connectivity index (χ2v) is 12.2. The van der Waals surface area contributed by atoms with E-state index in [2.05, 4.69) is 24.5 Å². The third kappa shape index (κ3) is 12.8. The van der Waals surface area contributed by atoms with E-state index in [1.54, 1.807) is 48.3 Å². The number of ketones is 2. The Morgan fingerprint density at radius 2 is 1.20 bits per heavy atom. The SMILES string of the molecule is CC(C)CC(C(=O)C(C)C)N(C)C(=O)CCCCCNC(=O)CCCCCNC(=O)c1ccc(C(=O)c2ccccc2)cc1. The number of carbonyl (C=O) groups excluding carboxylic acids is 5. The van der Waals surface area contributed by atoms with Crippen molar-refractivity contribution in [3.05, 3.63) is 71.3 Å². The van der Waals surface area contributed by atoms with E-state index in [0.29, 0.717) is 55.0 Å². The molecule has 2 N–H and O–H groups in total. The number of hydrogen-bond acceptors (Lipinski definition) is 5. The minimum Gasteiger partial charge on any atom is -0.356 e. The molecule has 8 nitrogen and oxygen atoms in total. The average Bonchev–Trinajstić information content (AvgIpc) is 3.02. The predicted molar refractivity (Wildman–Crippen MR) is 174 cm³/mol. The van der Waals surface area contributed by atoms with Crippen LogP contribution < -0.4 is 10.6 Å². The maximum Gasteiger partial charge on any atom is 0.251 e. The van der Waals surface area contributed by atoms with Crippen molar-refractivity contribution in [1.82, 2.24) is 15.5 Å². The molecule has 0 saturated heterocycles. The molecule has 1 unspecified atom stereocenters. The maximum absolute atomic E-state index is 12.7. The molecule has 240 valence electrons. The Labute approximate surface area is 263 Å². The van der Waals surface area contributed by atoms with Crippen LogP contribution in [0.15, 0.2) is 54.6 Å². The number of amides is 3. The number of benzene rings is 2. The highest BCUT2D eigenvalue weighted by Crippen LogP contribution is 2.17. The molecule has 2 aromatic rings. The Morgan fingerprint density at radius 3 is 1.80 bits per heavy atom. The highest BCUT2D eigenvalue weighted by molar-refractivity contribution is 6.09. The van der Waals surface area contributed by atoms with Gasteiger partial charge >= 0.3 is 0 Å². The smallest absolute Gasteiger partial charge is 0.251 e. The molecule has 44 heavy (non-hydrogen) atoms. The quantitative estimate of drug-likeness (QED) is 0.142. The summed E-state index contributed by atoms with van der Waals surface area (Å²) in [6.45, 7) is 8.98. The van der Waals surface area contributed by atoms with E-state index in [0.717, 1.165) is 38.5 Å². The molecule has 0 aliphatic carbocycles. The first kappa shape index (κ1) is 36.4. The summed E-state index contributed by atoms with van der Waals surface area (Å²) in [5.41, 5.74) is 1.65. The summed E-state index contributed by atoms with van der Waals surface area (Å²) in [4.78, 5) is 64.0. The highest BCUT2D eigenvalue weighted by Gasteiger charge is 2.28. The summed E-state index contributed by atoms with van der Waals surface area (Å²) in [6.07, 6.45) is 6.22. The number of rotatable bonds is 20. The number of carbonyl (C=O) groups is 5.